The molecule has 19 heavy (non-hydrogen) atoms. The summed E-state index contributed by atoms with van der Waals surface area (Å²) < 4.78 is 0. The number of carbonyl (C=O) groups is 1. The van der Waals surface area contributed by atoms with Crippen molar-refractivity contribution in [3.05, 3.63) is 53.5 Å². The standard InChI is InChI=1S/C14H10N2O2S/c15-18-14(17)11-8-16-13-10(6-7-19-13)12(11)9-4-2-1-3-5-9/h1-8H,15H2. The second-order valence-electron chi connectivity index (χ2n) is 3.96. The molecule has 94 valence electrons. The van der Waals surface area contributed by atoms with Crippen molar-refractivity contribution < 1.29 is 9.63 Å². The number of nitrogens with zero attached hydrogens (tertiary/aromatic N) is 1. The van der Waals surface area contributed by atoms with Crippen LogP contribution < -0.4 is 5.90 Å². The molecular formula is C14H10N2O2S. The van der Waals surface area contributed by atoms with Gasteiger partial charge in [0.2, 0.25) is 0 Å². The molecule has 2 aromatic heterocycles. The van der Waals surface area contributed by atoms with Crippen molar-refractivity contribution in [3.63, 3.8) is 0 Å². The fourth-order valence-corrected chi connectivity index (χ4v) is 2.80. The molecular weight excluding hydrogens is 260 g/mol. The number of rotatable bonds is 2. The van der Waals surface area contributed by atoms with Crippen LogP contribution in [0.15, 0.2) is 48.0 Å². The van der Waals surface area contributed by atoms with Gasteiger partial charge in [-0.05, 0) is 17.0 Å². The number of nitrogens with two attached hydrogens (primary N) is 1. The molecule has 0 spiro atoms. The predicted octanol–water partition coefficient (Wildman–Crippen LogP) is 2.99. The Morgan fingerprint density at radius 2 is 2.00 bits per heavy atom. The average Bonchev–Trinajstić information content (AvgIpc) is 2.94. The monoisotopic (exact) mass is 270 g/mol. The Labute approximate surface area is 113 Å². The molecule has 0 saturated heterocycles. The number of thiophene rings is 1. The van der Waals surface area contributed by atoms with Crippen LogP contribution in [0.1, 0.15) is 10.4 Å². The second kappa shape index (κ2) is 4.79. The van der Waals surface area contributed by atoms with Crippen LogP contribution in [0.2, 0.25) is 0 Å². The van der Waals surface area contributed by atoms with Gasteiger partial charge in [-0.25, -0.2) is 9.78 Å². The molecule has 3 rings (SSSR count). The van der Waals surface area contributed by atoms with E-state index in [2.05, 4.69) is 9.82 Å². The zero-order chi connectivity index (χ0) is 13.2. The molecule has 0 amide bonds. The Morgan fingerprint density at radius 3 is 2.74 bits per heavy atom. The molecule has 0 aliphatic rings. The molecule has 1 aromatic carbocycles. The van der Waals surface area contributed by atoms with Crippen LogP contribution in [-0.4, -0.2) is 11.0 Å². The number of carbonyl (C=O) groups excluding carboxylic acids is 1. The van der Waals surface area contributed by atoms with Crippen LogP contribution in [0.4, 0.5) is 0 Å². The zero-order valence-corrected chi connectivity index (χ0v) is 10.7. The van der Waals surface area contributed by atoms with Crippen molar-refractivity contribution >= 4 is 27.5 Å². The van der Waals surface area contributed by atoms with Gasteiger partial charge < -0.3 is 4.84 Å². The minimum absolute atomic E-state index is 0.375. The lowest BCUT2D eigenvalue weighted by Crippen LogP contribution is -2.11. The molecule has 0 radical (unpaired) electrons. The Hall–Kier alpha value is -2.24. The van der Waals surface area contributed by atoms with E-state index in [1.54, 1.807) is 0 Å². The predicted molar refractivity (Wildman–Crippen MR) is 74.7 cm³/mol. The van der Waals surface area contributed by atoms with E-state index in [1.165, 1.54) is 17.5 Å². The van der Waals surface area contributed by atoms with E-state index in [0.717, 1.165) is 21.3 Å². The maximum Gasteiger partial charge on any atom is 0.358 e. The van der Waals surface area contributed by atoms with Crippen LogP contribution in [0, 0.1) is 0 Å². The zero-order valence-electron chi connectivity index (χ0n) is 9.87. The summed E-state index contributed by atoms with van der Waals surface area (Å²) in [6, 6.07) is 11.6. The Kier molecular flexibility index (Phi) is 2.98. The molecule has 4 nitrogen and oxygen atoms in total. The van der Waals surface area contributed by atoms with Gasteiger partial charge in [0.05, 0.1) is 5.56 Å². The summed E-state index contributed by atoms with van der Waals surface area (Å²) in [5.41, 5.74) is 2.12. The normalized spacial score (nSPS) is 10.6. The molecule has 0 bridgehead atoms. The lowest BCUT2D eigenvalue weighted by Gasteiger charge is -2.08. The van der Waals surface area contributed by atoms with Gasteiger partial charge in [0.1, 0.15) is 4.83 Å². The van der Waals surface area contributed by atoms with E-state index < -0.39 is 5.97 Å². The van der Waals surface area contributed by atoms with Crippen molar-refractivity contribution in [3.8, 4) is 11.1 Å². The minimum Gasteiger partial charge on any atom is -0.370 e. The highest BCUT2D eigenvalue weighted by atomic mass is 32.1. The van der Waals surface area contributed by atoms with Crippen molar-refractivity contribution in [2.24, 2.45) is 5.90 Å². The van der Waals surface area contributed by atoms with Crippen molar-refractivity contribution in [1.82, 2.24) is 4.98 Å². The average molecular weight is 270 g/mol. The molecule has 0 aliphatic carbocycles. The largest absolute Gasteiger partial charge is 0.370 e. The first kappa shape index (κ1) is 11.8. The number of fused-ring (bicyclic) bond motifs is 1. The summed E-state index contributed by atoms with van der Waals surface area (Å²) in [6.45, 7) is 0. The number of hydrogen-bond acceptors (Lipinski definition) is 5. The lowest BCUT2D eigenvalue weighted by molar-refractivity contribution is 0.0504. The maximum absolute atomic E-state index is 11.8. The fraction of sp³-hybridized carbons (Fsp3) is 0. The number of aromatic nitrogens is 1. The fourth-order valence-electron chi connectivity index (χ4n) is 2.06. The van der Waals surface area contributed by atoms with Gasteiger partial charge in [0.25, 0.3) is 0 Å². The van der Waals surface area contributed by atoms with Crippen LogP contribution in [-0.2, 0) is 4.84 Å². The summed E-state index contributed by atoms with van der Waals surface area (Å²) >= 11 is 1.53. The molecule has 0 fully saturated rings. The topological polar surface area (TPSA) is 65.2 Å². The van der Waals surface area contributed by atoms with E-state index in [9.17, 15) is 4.79 Å². The Bertz CT molecular complexity index is 738. The van der Waals surface area contributed by atoms with E-state index in [4.69, 9.17) is 5.90 Å². The smallest absolute Gasteiger partial charge is 0.358 e. The molecule has 0 atom stereocenters. The Morgan fingerprint density at radius 1 is 1.21 bits per heavy atom. The summed E-state index contributed by atoms with van der Waals surface area (Å²) in [5.74, 6) is 4.41. The molecule has 2 N–H and O–H groups in total. The summed E-state index contributed by atoms with van der Waals surface area (Å²) in [6.07, 6.45) is 1.51. The summed E-state index contributed by atoms with van der Waals surface area (Å²) in [4.78, 5) is 21.3. The van der Waals surface area contributed by atoms with Gasteiger partial charge in [-0.2, -0.15) is 5.90 Å². The highest BCUT2D eigenvalue weighted by Crippen LogP contribution is 2.33. The Balaban J connectivity index is 2.35. The van der Waals surface area contributed by atoms with E-state index in [0.29, 0.717) is 5.56 Å². The van der Waals surface area contributed by atoms with Gasteiger partial charge in [0, 0.05) is 17.1 Å². The van der Waals surface area contributed by atoms with Gasteiger partial charge in [-0.1, -0.05) is 30.3 Å². The first-order valence-corrected chi connectivity index (χ1v) is 6.52. The maximum atomic E-state index is 11.8. The SMILES string of the molecule is NOC(=O)c1cnc2sccc2c1-c1ccccc1. The number of hydrogen-bond donors (Lipinski definition) is 1. The summed E-state index contributed by atoms with van der Waals surface area (Å²) in [5, 5.41) is 2.88. The van der Waals surface area contributed by atoms with Gasteiger partial charge in [0.15, 0.2) is 0 Å². The number of benzene rings is 1. The molecule has 2 heterocycles. The van der Waals surface area contributed by atoms with Crippen molar-refractivity contribution in [2.45, 2.75) is 0 Å². The third-order valence-corrected chi connectivity index (χ3v) is 3.70. The van der Waals surface area contributed by atoms with Crippen molar-refractivity contribution in [1.29, 1.82) is 0 Å². The van der Waals surface area contributed by atoms with Gasteiger partial charge >= 0.3 is 5.97 Å². The first-order chi connectivity index (χ1) is 9.31. The molecule has 5 heteroatoms. The first-order valence-electron chi connectivity index (χ1n) is 5.64. The molecule has 0 aliphatic heterocycles. The molecule has 0 unspecified atom stereocenters. The van der Waals surface area contributed by atoms with Crippen LogP contribution in [0.25, 0.3) is 21.3 Å². The summed E-state index contributed by atoms with van der Waals surface area (Å²) in [7, 11) is 0. The third kappa shape index (κ3) is 1.99. The van der Waals surface area contributed by atoms with Crippen LogP contribution >= 0.6 is 11.3 Å². The van der Waals surface area contributed by atoms with Crippen LogP contribution in [0.3, 0.4) is 0 Å². The molecule has 3 aromatic rings. The highest BCUT2D eigenvalue weighted by Gasteiger charge is 2.18. The van der Waals surface area contributed by atoms with E-state index in [1.807, 2.05) is 41.8 Å². The van der Waals surface area contributed by atoms with Crippen LogP contribution in [0.5, 0.6) is 0 Å². The third-order valence-electron chi connectivity index (χ3n) is 2.88. The van der Waals surface area contributed by atoms with Crippen molar-refractivity contribution in [2.75, 3.05) is 0 Å². The number of pyridine rings is 1. The van der Waals surface area contributed by atoms with E-state index in [-0.39, 0.29) is 0 Å². The quantitative estimate of drug-likeness (QED) is 0.727. The van der Waals surface area contributed by atoms with E-state index >= 15 is 0 Å². The minimum atomic E-state index is -0.584. The highest BCUT2D eigenvalue weighted by molar-refractivity contribution is 7.16. The van der Waals surface area contributed by atoms with Gasteiger partial charge in [-0.3, -0.25) is 0 Å². The van der Waals surface area contributed by atoms with Gasteiger partial charge in [-0.15, -0.1) is 11.3 Å². The molecule has 0 saturated carbocycles. The lowest BCUT2D eigenvalue weighted by atomic mass is 9.99. The second-order valence-corrected chi connectivity index (χ2v) is 4.85.